The van der Waals surface area contributed by atoms with Gasteiger partial charge in [0, 0.05) is 45.5 Å². The summed E-state index contributed by atoms with van der Waals surface area (Å²) >= 11 is 0. The number of aromatic nitrogens is 2. The smallest absolute Gasteiger partial charge is 0.248 e. The summed E-state index contributed by atoms with van der Waals surface area (Å²) in [5, 5.41) is 4.21. The van der Waals surface area contributed by atoms with Crippen LogP contribution in [0.25, 0.3) is 0 Å². The van der Waals surface area contributed by atoms with E-state index in [1.807, 2.05) is 31.2 Å². The lowest BCUT2D eigenvalue weighted by atomic mass is 10.0. The zero-order valence-electron chi connectivity index (χ0n) is 12.6. The first-order valence-corrected chi connectivity index (χ1v) is 7.22. The van der Waals surface area contributed by atoms with Crippen LogP contribution in [0.5, 0.6) is 0 Å². The number of likely N-dealkylation sites (N-methyl/N-ethyl adjacent to an activating group) is 1. The molecule has 3 rings (SSSR count). The summed E-state index contributed by atoms with van der Waals surface area (Å²) in [4.78, 5) is 15.7. The lowest BCUT2D eigenvalue weighted by molar-refractivity contribution is -0.170. The molecule has 0 aliphatic carbocycles. The number of rotatable bonds is 2. The number of ether oxygens (including phenoxy) is 2. The highest BCUT2D eigenvalue weighted by atomic mass is 16.6. The third kappa shape index (κ3) is 3.25. The van der Waals surface area contributed by atoms with Crippen LogP contribution in [0, 0.1) is 0 Å². The summed E-state index contributed by atoms with van der Waals surface area (Å²) in [5.41, 5.74) is 0.760. The van der Waals surface area contributed by atoms with Crippen LogP contribution in [0.3, 0.4) is 0 Å². The molecule has 2 aliphatic heterocycles. The SMILES string of the molecule is CN1CC2(COCCN(Cc3cnn(C)c3)C2)OCC1=O. The Morgan fingerprint density at radius 2 is 2.24 bits per heavy atom. The monoisotopic (exact) mass is 294 g/mol. The van der Waals surface area contributed by atoms with Gasteiger partial charge in [0.05, 0.1) is 26.0 Å². The van der Waals surface area contributed by atoms with E-state index in [4.69, 9.17) is 9.47 Å². The zero-order chi connectivity index (χ0) is 14.9. The number of carbonyl (C=O) groups is 1. The molecular formula is C14H22N4O3. The summed E-state index contributed by atoms with van der Waals surface area (Å²) in [7, 11) is 3.74. The van der Waals surface area contributed by atoms with Crippen molar-refractivity contribution < 1.29 is 14.3 Å². The summed E-state index contributed by atoms with van der Waals surface area (Å²) in [5.74, 6) is 0.0312. The van der Waals surface area contributed by atoms with Gasteiger partial charge in [0.15, 0.2) is 0 Å². The zero-order valence-corrected chi connectivity index (χ0v) is 12.6. The van der Waals surface area contributed by atoms with Crippen molar-refractivity contribution in [2.24, 2.45) is 7.05 Å². The predicted octanol–water partition coefficient (Wildman–Crippen LogP) is -0.520. The standard InChI is InChI=1S/C14H22N4O3/c1-16-9-14(21-8-13(16)19)10-18(3-4-20-11-14)7-12-5-15-17(2)6-12/h5-6H,3-4,7-11H2,1-2H3. The van der Waals surface area contributed by atoms with E-state index in [1.54, 1.807) is 4.90 Å². The second kappa shape index (κ2) is 5.75. The maximum atomic E-state index is 11.6. The molecule has 0 radical (unpaired) electrons. The average Bonchev–Trinajstić information content (AvgIpc) is 2.74. The topological polar surface area (TPSA) is 59.8 Å². The van der Waals surface area contributed by atoms with Crippen LogP contribution >= 0.6 is 0 Å². The van der Waals surface area contributed by atoms with Crippen LogP contribution in [-0.4, -0.2) is 77.6 Å². The van der Waals surface area contributed by atoms with Crippen molar-refractivity contribution in [3.8, 4) is 0 Å². The molecule has 2 saturated heterocycles. The fraction of sp³-hybridized carbons (Fsp3) is 0.714. The Balaban J connectivity index is 1.70. The van der Waals surface area contributed by atoms with E-state index in [1.165, 1.54) is 5.56 Å². The van der Waals surface area contributed by atoms with Crippen LogP contribution in [0.1, 0.15) is 5.56 Å². The fourth-order valence-electron chi connectivity index (χ4n) is 3.00. The number of hydrogen-bond donors (Lipinski definition) is 0. The Bertz CT molecular complexity index is 518. The third-order valence-electron chi connectivity index (χ3n) is 4.05. The molecule has 1 aromatic rings. The fourth-order valence-corrected chi connectivity index (χ4v) is 3.00. The number of carbonyl (C=O) groups excluding carboxylic acids is 1. The van der Waals surface area contributed by atoms with Gasteiger partial charge in [0.2, 0.25) is 5.91 Å². The number of aryl methyl sites for hydroxylation is 1. The van der Waals surface area contributed by atoms with E-state index in [2.05, 4.69) is 10.00 Å². The Kier molecular flexibility index (Phi) is 3.97. The van der Waals surface area contributed by atoms with Gasteiger partial charge in [-0.3, -0.25) is 14.4 Å². The maximum absolute atomic E-state index is 11.6. The molecule has 7 heteroatoms. The first-order chi connectivity index (χ1) is 10.1. The Hall–Kier alpha value is -1.44. The molecule has 2 fully saturated rings. The van der Waals surface area contributed by atoms with Crippen LogP contribution in [0.2, 0.25) is 0 Å². The molecule has 21 heavy (non-hydrogen) atoms. The number of amides is 1. The molecule has 1 unspecified atom stereocenters. The summed E-state index contributed by atoms with van der Waals surface area (Å²) in [6, 6.07) is 0. The molecule has 0 N–H and O–H groups in total. The van der Waals surface area contributed by atoms with Crippen molar-refractivity contribution in [2.45, 2.75) is 12.1 Å². The van der Waals surface area contributed by atoms with Crippen LogP contribution in [0.15, 0.2) is 12.4 Å². The molecule has 1 aromatic heterocycles. The second-order valence-corrected chi connectivity index (χ2v) is 6.01. The summed E-state index contributed by atoms with van der Waals surface area (Å²) < 4.78 is 13.4. The molecule has 2 aliphatic rings. The highest BCUT2D eigenvalue weighted by molar-refractivity contribution is 5.78. The Morgan fingerprint density at radius 1 is 1.38 bits per heavy atom. The minimum atomic E-state index is -0.415. The van der Waals surface area contributed by atoms with Crippen molar-refractivity contribution in [1.82, 2.24) is 19.6 Å². The van der Waals surface area contributed by atoms with Gasteiger partial charge >= 0.3 is 0 Å². The molecule has 1 atom stereocenters. The summed E-state index contributed by atoms with van der Waals surface area (Å²) in [6.45, 7) is 4.38. The molecule has 0 bridgehead atoms. The first-order valence-electron chi connectivity index (χ1n) is 7.22. The van der Waals surface area contributed by atoms with Gasteiger partial charge in [-0.25, -0.2) is 0 Å². The van der Waals surface area contributed by atoms with E-state index in [0.29, 0.717) is 19.8 Å². The van der Waals surface area contributed by atoms with E-state index in [-0.39, 0.29) is 12.5 Å². The van der Waals surface area contributed by atoms with Gasteiger partial charge in [0.1, 0.15) is 12.2 Å². The average molecular weight is 294 g/mol. The van der Waals surface area contributed by atoms with E-state index < -0.39 is 5.60 Å². The lowest BCUT2D eigenvalue weighted by Gasteiger charge is -2.41. The van der Waals surface area contributed by atoms with E-state index in [0.717, 1.165) is 19.6 Å². The molecule has 116 valence electrons. The van der Waals surface area contributed by atoms with Gasteiger partial charge in [-0.2, -0.15) is 5.10 Å². The van der Waals surface area contributed by atoms with E-state index >= 15 is 0 Å². The molecule has 7 nitrogen and oxygen atoms in total. The minimum Gasteiger partial charge on any atom is -0.377 e. The number of morpholine rings is 1. The Labute approximate surface area is 124 Å². The van der Waals surface area contributed by atoms with Crippen LogP contribution in [0.4, 0.5) is 0 Å². The van der Waals surface area contributed by atoms with Crippen molar-refractivity contribution in [3.63, 3.8) is 0 Å². The highest BCUT2D eigenvalue weighted by Crippen LogP contribution is 2.23. The van der Waals surface area contributed by atoms with Gasteiger partial charge in [0.25, 0.3) is 0 Å². The molecular weight excluding hydrogens is 272 g/mol. The minimum absolute atomic E-state index is 0.0312. The second-order valence-electron chi connectivity index (χ2n) is 6.01. The Morgan fingerprint density at radius 3 is 2.95 bits per heavy atom. The van der Waals surface area contributed by atoms with Crippen molar-refractivity contribution in [2.75, 3.05) is 46.5 Å². The summed E-state index contributed by atoms with van der Waals surface area (Å²) in [6.07, 6.45) is 3.91. The first kappa shape index (κ1) is 14.5. The van der Waals surface area contributed by atoms with E-state index in [9.17, 15) is 4.79 Å². The number of hydrogen-bond acceptors (Lipinski definition) is 5. The van der Waals surface area contributed by atoms with Crippen LogP contribution < -0.4 is 0 Å². The molecule has 1 amide bonds. The molecule has 1 spiro atoms. The van der Waals surface area contributed by atoms with Crippen molar-refractivity contribution >= 4 is 5.91 Å². The molecule has 3 heterocycles. The van der Waals surface area contributed by atoms with Gasteiger partial charge in [-0.1, -0.05) is 0 Å². The van der Waals surface area contributed by atoms with Crippen molar-refractivity contribution in [3.05, 3.63) is 18.0 Å². The molecule has 0 aromatic carbocycles. The lowest BCUT2D eigenvalue weighted by Crippen LogP contribution is -2.59. The van der Waals surface area contributed by atoms with Gasteiger partial charge in [-0.05, 0) is 0 Å². The van der Waals surface area contributed by atoms with Gasteiger partial charge < -0.3 is 14.4 Å². The third-order valence-corrected chi connectivity index (χ3v) is 4.05. The quantitative estimate of drug-likeness (QED) is 0.734. The van der Waals surface area contributed by atoms with Gasteiger partial charge in [-0.15, -0.1) is 0 Å². The maximum Gasteiger partial charge on any atom is 0.248 e. The largest absolute Gasteiger partial charge is 0.377 e. The molecule has 0 saturated carbocycles. The normalized spacial score (nSPS) is 28.1. The highest BCUT2D eigenvalue weighted by Gasteiger charge is 2.41. The number of nitrogens with zero attached hydrogens (tertiary/aromatic N) is 4. The predicted molar refractivity (Wildman–Crippen MR) is 75.6 cm³/mol. The van der Waals surface area contributed by atoms with Crippen molar-refractivity contribution in [1.29, 1.82) is 0 Å². The van der Waals surface area contributed by atoms with Crippen LogP contribution in [-0.2, 0) is 27.9 Å².